The Morgan fingerprint density at radius 3 is 2.11 bits per heavy atom. The monoisotopic (exact) mass is 259 g/mol. The van der Waals surface area contributed by atoms with Crippen molar-refractivity contribution in [3.05, 3.63) is 0 Å². The molecule has 0 unspecified atom stereocenters. The lowest BCUT2D eigenvalue weighted by Crippen LogP contribution is -2.28. The van der Waals surface area contributed by atoms with Crippen LogP contribution in [-0.2, 0) is 19.1 Å². The van der Waals surface area contributed by atoms with E-state index < -0.39 is 0 Å². The maximum atomic E-state index is 11.3. The first-order chi connectivity index (χ1) is 8.45. The van der Waals surface area contributed by atoms with Gasteiger partial charge in [0.1, 0.15) is 5.78 Å². The molecule has 0 saturated carbocycles. The lowest BCUT2D eigenvalue weighted by Gasteiger charge is -2.14. The van der Waals surface area contributed by atoms with Gasteiger partial charge in [0.15, 0.2) is 0 Å². The number of likely N-dealkylation sites (N-methyl/N-ethyl adjacent to an activating group) is 1. The molecule has 0 heterocycles. The van der Waals surface area contributed by atoms with Crippen LogP contribution in [0.25, 0.3) is 0 Å². The van der Waals surface area contributed by atoms with E-state index in [0.29, 0.717) is 39.4 Å². The van der Waals surface area contributed by atoms with Crippen LogP contribution >= 0.6 is 0 Å². The smallest absolute Gasteiger partial charge is 0.219 e. The molecule has 0 bridgehead atoms. The van der Waals surface area contributed by atoms with E-state index in [1.54, 1.807) is 11.9 Å². The highest BCUT2D eigenvalue weighted by Gasteiger charge is 2.06. The van der Waals surface area contributed by atoms with Crippen molar-refractivity contribution in [3.63, 3.8) is 0 Å². The summed E-state index contributed by atoms with van der Waals surface area (Å²) in [5, 5.41) is 0. The van der Waals surface area contributed by atoms with Gasteiger partial charge in [0.05, 0.1) is 26.4 Å². The summed E-state index contributed by atoms with van der Waals surface area (Å²) >= 11 is 0. The molecule has 0 atom stereocenters. The van der Waals surface area contributed by atoms with Crippen molar-refractivity contribution in [2.45, 2.75) is 27.2 Å². The van der Waals surface area contributed by atoms with E-state index >= 15 is 0 Å². The molecule has 0 N–H and O–H groups in total. The topological polar surface area (TPSA) is 55.8 Å². The maximum absolute atomic E-state index is 11.3. The van der Waals surface area contributed by atoms with Crippen molar-refractivity contribution >= 4 is 11.7 Å². The second-order valence-electron chi connectivity index (χ2n) is 4.54. The number of ketones is 1. The first-order valence-corrected chi connectivity index (χ1v) is 6.35. The number of ether oxygens (including phenoxy) is 2. The van der Waals surface area contributed by atoms with E-state index in [1.165, 1.54) is 6.92 Å². The van der Waals surface area contributed by atoms with Gasteiger partial charge in [0.2, 0.25) is 5.91 Å². The molecule has 0 radical (unpaired) electrons. The number of Topliss-reactive ketones (excluding diaryl/α,β-unsaturated/α-hetero) is 1. The van der Waals surface area contributed by atoms with Gasteiger partial charge in [-0.15, -0.1) is 0 Å². The second kappa shape index (κ2) is 10.0. The Morgan fingerprint density at radius 1 is 1.06 bits per heavy atom. The van der Waals surface area contributed by atoms with Crippen molar-refractivity contribution in [3.8, 4) is 0 Å². The number of carbonyl (C=O) groups excluding carboxylic acids is 2. The van der Waals surface area contributed by atoms with Gasteiger partial charge in [-0.05, 0) is 0 Å². The van der Waals surface area contributed by atoms with E-state index in [2.05, 4.69) is 0 Å². The van der Waals surface area contributed by atoms with Crippen LogP contribution in [0.3, 0.4) is 0 Å². The Labute approximate surface area is 109 Å². The third kappa shape index (κ3) is 9.13. The normalized spacial score (nSPS) is 10.7. The Morgan fingerprint density at radius 2 is 1.61 bits per heavy atom. The number of nitrogens with zero attached hydrogens (tertiary/aromatic N) is 1. The fourth-order valence-corrected chi connectivity index (χ4v) is 1.14. The summed E-state index contributed by atoms with van der Waals surface area (Å²) in [4.78, 5) is 23.7. The first-order valence-electron chi connectivity index (χ1n) is 6.35. The molecule has 18 heavy (non-hydrogen) atoms. The molecule has 0 fully saturated rings. The molecule has 5 nitrogen and oxygen atoms in total. The van der Waals surface area contributed by atoms with Crippen LogP contribution in [0.4, 0.5) is 0 Å². The minimum Gasteiger partial charge on any atom is -0.379 e. The van der Waals surface area contributed by atoms with Crippen LogP contribution in [0.2, 0.25) is 0 Å². The van der Waals surface area contributed by atoms with Crippen LogP contribution in [-0.4, -0.2) is 56.6 Å². The SMILES string of the molecule is CC(=O)N(C)CCOCCOCCC(=O)C(C)C. The summed E-state index contributed by atoms with van der Waals surface area (Å²) in [5.41, 5.74) is 0. The fraction of sp³-hybridized carbons (Fsp3) is 0.846. The largest absolute Gasteiger partial charge is 0.379 e. The standard InChI is InChI=1S/C13H25NO4/c1-11(2)13(16)5-7-17-9-10-18-8-6-14(4)12(3)15/h11H,5-10H2,1-4H3. The van der Waals surface area contributed by atoms with Crippen molar-refractivity contribution < 1.29 is 19.1 Å². The number of hydrogen-bond donors (Lipinski definition) is 0. The summed E-state index contributed by atoms with van der Waals surface area (Å²) in [6.45, 7) is 7.80. The Balaban J connectivity index is 3.27. The van der Waals surface area contributed by atoms with Crippen molar-refractivity contribution in [1.82, 2.24) is 4.90 Å². The molecule has 0 aromatic heterocycles. The first kappa shape index (κ1) is 17.1. The minimum absolute atomic E-state index is 0.0297. The number of hydrogen-bond acceptors (Lipinski definition) is 4. The quantitative estimate of drug-likeness (QED) is 0.552. The molecular weight excluding hydrogens is 234 g/mol. The molecule has 5 heteroatoms. The number of amides is 1. The molecule has 0 aliphatic carbocycles. The predicted molar refractivity (Wildman–Crippen MR) is 69.4 cm³/mol. The maximum Gasteiger partial charge on any atom is 0.219 e. The van der Waals surface area contributed by atoms with Crippen LogP contribution < -0.4 is 0 Å². The van der Waals surface area contributed by atoms with Gasteiger partial charge in [-0.1, -0.05) is 13.8 Å². The summed E-state index contributed by atoms with van der Waals surface area (Å²) in [6, 6.07) is 0. The van der Waals surface area contributed by atoms with Crippen LogP contribution in [0.15, 0.2) is 0 Å². The molecule has 106 valence electrons. The zero-order valence-corrected chi connectivity index (χ0v) is 11.9. The van der Waals surface area contributed by atoms with Crippen LogP contribution in [0.1, 0.15) is 27.2 Å². The van der Waals surface area contributed by atoms with Crippen LogP contribution in [0, 0.1) is 5.92 Å². The van der Waals surface area contributed by atoms with Crippen molar-refractivity contribution in [2.75, 3.05) is 40.0 Å². The van der Waals surface area contributed by atoms with Crippen molar-refractivity contribution in [2.24, 2.45) is 5.92 Å². The number of carbonyl (C=O) groups is 2. The average molecular weight is 259 g/mol. The highest BCUT2D eigenvalue weighted by molar-refractivity contribution is 5.80. The van der Waals surface area contributed by atoms with E-state index in [1.807, 2.05) is 13.8 Å². The zero-order chi connectivity index (χ0) is 14.0. The molecule has 0 aliphatic rings. The summed E-state index contributed by atoms with van der Waals surface area (Å²) in [5.74, 6) is 0.327. The van der Waals surface area contributed by atoms with E-state index in [4.69, 9.17) is 9.47 Å². The molecule has 0 aliphatic heterocycles. The molecule has 0 aromatic carbocycles. The summed E-state index contributed by atoms with van der Waals surface area (Å²) < 4.78 is 10.6. The van der Waals surface area contributed by atoms with Crippen molar-refractivity contribution in [1.29, 1.82) is 0 Å². The van der Waals surface area contributed by atoms with Gasteiger partial charge >= 0.3 is 0 Å². The zero-order valence-electron chi connectivity index (χ0n) is 11.9. The molecule has 0 aromatic rings. The van der Waals surface area contributed by atoms with Gasteiger partial charge < -0.3 is 14.4 Å². The molecule has 0 spiro atoms. The Kier molecular flexibility index (Phi) is 9.50. The fourth-order valence-electron chi connectivity index (χ4n) is 1.14. The number of rotatable bonds is 10. The lowest BCUT2D eigenvalue weighted by molar-refractivity contribution is -0.128. The molecular formula is C13H25NO4. The van der Waals surface area contributed by atoms with E-state index in [0.717, 1.165) is 0 Å². The third-order valence-electron chi connectivity index (χ3n) is 2.62. The highest BCUT2D eigenvalue weighted by atomic mass is 16.5. The molecule has 1 amide bonds. The average Bonchev–Trinajstić information content (AvgIpc) is 2.31. The second-order valence-corrected chi connectivity index (χ2v) is 4.54. The van der Waals surface area contributed by atoms with Gasteiger partial charge in [-0.25, -0.2) is 0 Å². The van der Waals surface area contributed by atoms with Gasteiger partial charge in [-0.3, -0.25) is 9.59 Å². The minimum atomic E-state index is 0.0297. The molecule has 0 saturated heterocycles. The van der Waals surface area contributed by atoms with Gasteiger partial charge in [0.25, 0.3) is 0 Å². The Bertz CT molecular complexity index is 253. The Hall–Kier alpha value is -0.940. The van der Waals surface area contributed by atoms with Gasteiger partial charge in [-0.2, -0.15) is 0 Å². The summed E-state index contributed by atoms with van der Waals surface area (Å²) in [7, 11) is 1.74. The molecule has 0 rings (SSSR count). The van der Waals surface area contributed by atoms with Gasteiger partial charge in [0, 0.05) is 32.9 Å². The van der Waals surface area contributed by atoms with Crippen LogP contribution in [0.5, 0.6) is 0 Å². The third-order valence-corrected chi connectivity index (χ3v) is 2.62. The lowest BCUT2D eigenvalue weighted by atomic mass is 10.1. The predicted octanol–water partition coefficient (Wildman–Crippen LogP) is 1.11. The summed E-state index contributed by atoms with van der Waals surface area (Å²) in [6.07, 6.45) is 0.463. The highest BCUT2D eigenvalue weighted by Crippen LogP contribution is 1.98. The van der Waals surface area contributed by atoms with E-state index in [-0.39, 0.29) is 17.6 Å². The van der Waals surface area contributed by atoms with E-state index in [9.17, 15) is 9.59 Å².